The maximum atomic E-state index is 11.6. The van der Waals surface area contributed by atoms with Gasteiger partial charge in [-0.3, -0.25) is 9.59 Å². The number of aldehydes is 1. The zero-order chi connectivity index (χ0) is 15.7. The van der Waals surface area contributed by atoms with Gasteiger partial charge in [-0.25, -0.2) is 0 Å². The van der Waals surface area contributed by atoms with Crippen molar-refractivity contribution in [1.82, 2.24) is 5.32 Å². The molecule has 116 valence electrons. The Morgan fingerprint density at radius 3 is 2.76 bits per heavy atom. The zero-order valence-electron chi connectivity index (χ0n) is 12.0. The topological polar surface area (TPSA) is 73.9 Å². The maximum Gasteiger partial charge on any atom is 0.257 e. The van der Waals surface area contributed by atoms with E-state index in [1.165, 1.54) is 19.2 Å². The third kappa shape index (κ3) is 5.61. The summed E-state index contributed by atoms with van der Waals surface area (Å²) in [5, 5.41) is 3.03. The molecule has 6 nitrogen and oxygen atoms in total. The minimum Gasteiger partial charge on any atom is -0.493 e. The second-order valence-electron chi connectivity index (χ2n) is 4.13. The van der Waals surface area contributed by atoms with Crippen LogP contribution < -0.4 is 14.8 Å². The molecule has 0 aliphatic heterocycles. The highest BCUT2D eigenvalue weighted by atomic mass is 35.5. The summed E-state index contributed by atoms with van der Waals surface area (Å²) < 4.78 is 15.3. The molecule has 0 atom stereocenters. The van der Waals surface area contributed by atoms with Crippen LogP contribution in [0.1, 0.15) is 16.8 Å². The summed E-state index contributed by atoms with van der Waals surface area (Å²) in [6.45, 7) is 0.849. The Hall–Kier alpha value is -1.79. The maximum absolute atomic E-state index is 11.6. The van der Waals surface area contributed by atoms with Crippen LogP contribution in [0.5, 0.6) is 11.5 Å². The lowest BCUT2D eigenvalue weighted by Crippen LogP contribution is -2.30. The predicted molar refractivity (Wildman–Crippen MR) is 78.4 cm³/mol. The van der Waals surface area contributed by atoms with Gasteiger partial charge in [0.25, 0.3) is 5.91 Å². The summed E-state index contributed by atoms with van der Waals surface area (Å²) in [5.74, 6) is 0.209. The molecule has 0 heterocycles. The van der Waals surface area contributed by atoms with Crippen LogP contribution in [0.3, 0.4) is 0 Å². The number of rotatable bonds is 9. The van der Waals surface area contributed by atoms with Crippen molar-refractivity contribution >= 4 is 23.8 Å². The number of carbonyl (C=O) groups is 2. The lowest BCUT2D eigenvalue weighted by atomic mass is 10.2. The number of methoxy groups -OCH3 is 2. The van der Waals surface area contributed by atoms with Crippen molar-refractivity contribution in [2.45, 2.75) is 6.42 Å². The van der Waals surface area contributed by atoms with E-state index in [9.17, 15) is 9.59 Å². The number of ether oxygens (including phenoxy) is 3. The fraction of sp³-hybridized carbons (Fsp3) is 0.429. The van der Waals surface area contributed by atoms with E-state index in [2.05, 4.69) is 5.32 Å². The smallest absolute Gasteiger partial charge is 0.257 e. The Bertz CT molecular complexity index is 492. The molecule has 7 heteroatoms. The molecule has 1 rings (SSSR count). The number of carbonyl (C=O) groups excluding carboxylic acids is 2. The van der Waals surface area contributed by atoms with E-state index >= 15 is 0 Å². The quantitative estimate of drug-likeness (QED) is 0.554. The van der Waals surface area contributed by atoms with Crippen LogP contribution in [-0.2, 0) is 9.53 Å². The SMILES string of the molecule is COCCCNC(=O)COc1c(C=O)cc(Cl)cc1OC. The molecule has 0 aliphatic carbocycles. The van der Waals surface area contributed by atoms with Crippen LogP contribution in [0.2, 0.25) is 5.02 Å². The fourth-order valence-electron chi connectivity index (χ4n) is 1.62. The summed E-state index contributed by atoms with van der Waals surface area (Å²) in [5.41, 5.74) is 0.228. The third-order valence-electron chi connectivity index (χ3n) is 2.59. The lowest BCUT2D eigenvalue weighted by molar-refractivity contribution is -0.123. The molecule has 1 aromatic rings. The number of hydrogen-bond acceptors (Lipinski definition) is 5. The highest BCUT2D eigenvalue weighted by Crippen LogP contribution is 2.33. The van der Waals surface area contributed by atoms with Crippen molar-refractivity contribution in [3.8, 4) is 11.5 Å². The number of halogens is 1. The van der Waals surface area contributed by atoms with E-state index in [1.807, 2.05) is 0 Å². The van der Waals surface area contributed by atoms with Crippen LogP contribution in [0.25, 0.3) is 0 Å². The average Bonchev–Trinajstić information content (AvgIpc) is 2.49. The van der Waals surface area contributed by atoms with Crippen LogP contribution in [0.4, 0.5) is 0 Å². The minimum atomic E-state index is -0.292. The van der Waals surface area contributed by atoms with Crippen LogP contribution >= 0.6 is 11.6 Å². The van der Waals surface area contributed by atoms with Crippen molar-refractivity contribution in [2.75, 3.05) is 34.0 Å². The van der Waals surface area contributed by atoms with Gasteiger partial charge < -0.3 is 19.5 Å². The van der Waals surface area contributed by atoms with Crippen LogP contribution in [-0.4, -0.2) is 46.2 Å². The molecule has 21 heavy (non-hydrogen) atoms. The molecule has 1 N–H and O–H groups in total. The highest BCUT2D eigenvalue weighted by Gasteiger charge is 2.14. The summed E-state index contributed by atoms with van der Waals surface area (Å²) in [7, 11) is 3.02. The van der Waals surface area contributed by atoms with Gasteiger partial charge in [-0.05, 0) is 12.5 Å². The summed E-state index contributed by atoms with van der Waals surface area (Å²) >= 11 is 5.85. The van der Waals surface area contributed by atoms with E-state index in [1.54, 1.807) is 7.11 Å². The molecule has 0 radical (unpaired) electrons. The molecule has 0 bridgehead atoms. The number of benzene rings is 1. The second-order valence-corrected chi connectivity index (χ2v) is 4.57. The van der Waals surface area contributed by atoms with Gasteiger partial charge in [0.2, 0.25) is 0 Å². The Balaban J connectivity index is 2.62. The van der Waals surface area contributed by atoms with E-state index in [0.717, 1.165) is 0 Å². The van der Waals surface area contributed by atoms with E-state index < -0.39 is 0 Å². The molecular formula is C14H18ClNO5. The van der Waals surface area contributed by atoms with Crippen LogP contribution in [0, 0.1) is 0 Å². The summed E-state index contributed by atoms with van der Waals surface area (Å²) in [4.78, 5) is 22.6. The average molecular weight is 316 g/mol. The third-order valence-corrected chi connectivity index (χ3v) is 2.81. The zero-order valence-corrected chi connectivity index (χ0v) is 12.7. The lowest BCUT2D eigenvalue weighted by Gasteiger charge is -2.13. The Morgan fingerprint density at radius 1 is 1.38 bits per heavy atom. The molecular weight excluding hydrogens is 298 g/mol. The molecule has 1 amide bonds. The minimum absolute atomic E-state index is 0.198. The molecule has 0 aromatic heterocycles. The monoisotopic (exact) mass is 315 g/mol. The van der Waals surface area contributed by atoms with Crippen molar-refractivity contribution in [3.05, 3.63) is 22.7 Å². The first-order chi connectivity index (χ1) is 10.1. The van der Waals surface area contributed by atoms with Gasteiger partial charge in [-0.15, -0.1) is 0 Å². The predicted octanol–water partition coefficient (Wildman–Crippen LogP) is 1.69. The summed E-state index contributed by atoms with van der Waals surface area (Å²) in [6.07, 6.45) is 1.31. The second kappa shape index (κ2) is 9.20. The van der Waals surface area contributed by atoms with E-state index in [4.69, 9.17) is 25.8 Å². The van der Waals surface area contributed by atoms with Gasteiger partial charge in [-0.2, -0.15) is 0 Å². The number of hydrogen-bond donors (Lipinski definition) is 1. The summed E-state index contributed by atoms with van der Waals surface area (Å²) in [6, 6.07) is 2.96. The first-order valence-electron chi connectivity index (χ1n) is 6.33. The van der Waals surface area contributed by atoms with Crippen molar-refractivity contribution in [3.63, 3.8) is 0 Å². The van der Waals surface area contributed by atoms with E-state index in [-0.39, 0.29) is 23.8 Å². The van der Waals surface area contributed by atoms with Gasteiger partial charge in [0, 0.05) is 31.4 Å². The van der Waals surface area contributed by atoms with Gasteiger partial charge in [0.05, 0.1) is 12.7 Å². The Labute approximate surface area is 128 Å². The Kier molecular flexibility index (Phi) is 7.56. The van der Waals surface area contributed by atoms with E-state index in [0.29, 0.717) is 36.6 Å². The van der Waals surface area contributed by atoms with Crippen molar-refractivity contribution in [2.24, 2.45) is 0 Å². The number of nitrogens with one attached hydrogen (secondary N) is 1. The normalized spacial score (nSPS) is 10.0. The molecule has 0 saturated carbocycles. The molecule has 0 aliphatic rings. The first-order valence-corrected chi connectivity index (χ1v) is 6.71. The largest absolute Gasteiger partial charge is 0.493 e. The molecule has 0 unspecified atom stereocenters. The number of amides is 1. The Morgan fingerprint density at radius 2 is 2.14 bits per heavy atom. The van der Waals surface area contributed by atoms with Gasteiger partial charge in [0.1, 0.15) is 0 Å². The van der Waals surface area contributed by atoms with Gasteiger partial charge in [0.15, 0.2) is 24.4 Å². The molecule has 1 aromatic carbocycles. The first kappa shape index (κ1) is 17.3. The van der Waals surface area contributed by atoms with Gasteiger partial charge >= 0.3 is 0 Å². The standard InChI is InChI=1S/C14H18ClNO5/c1-19-5-3-4-16-13(18)9-21-14-10(8-17)6-11(15)7-12(14)20-2/h6-8H,3-5,9H2,1-2H3,(H,16,18). The highest BCUT2D eigenvalue weighted by molar-refractivity contribution is 6.31. The molecule has 0 fully saturated rings. The van der Waals surface area contributed by atoms with Gasteiger partial charge in [-0.1, -0.05) is 11.6 Å². The molecule has 0 saturated heterocycles. The van der Waals surface area contributed by atoms with Crippen molar-refractivity contribution < 1.29 is 23.8 Å². The van der Waals surface area contributed by atoms with Crippen molar-refractivity contribution in [1.29, 1.82) is 0 Å². The molecule has 0 spiro atoms. The van der Waals surface area contributed by atoms with Crippen LogP contribution in [0.15, 0.2) is 12.1 Å². The fourth-order valence-corrected chi connectivity index (χ4v) is 1.83.